The van der Waals surface area contributed by atoms with E-state index in [1.807, 2.05) is 38.1 Å². The van der Waals surface area contributed by atoms with Crippen molar-refractivity contribution in [3.05, 3.63) is 29.8 Å². The predicted molar refractivity (Wildman–Crippen MR) is 89.2 cm³/mol. The van der Waals surface area contributed by atoms with Crippen LogP contribution in [0.1, 0.15) is 25.8 Å². The Bertz CT molecular complexity index is 610. The molecule has 0 aliphatic carbocycles. The maximum Gasteiger partial charge on any atom is 0.313 e. The topological polar surface area (TPSA) is 76.1 Å². The molecule has 0 saturated carbocycles. The molecular formula is C18H25NO5. The summed E-state index contributed by atoms with van der Waals surface area (Å²) < 4.78 is 10.2. The Morgan fingerprint density at radius 3 is 2.38 bits per heavy atom. The number of carboxylic acids is 1. The summed E-state index contributed by atoms with van der Waals surface area (Å²) in [7, 11) is 3.08. The van der Waals surface area contributed by atoms with E-state index in [0.717, 1.165) is 11.3 Å². The van der Waals surface area contributed by atoms with Crippen molar-refractivity contribution >= 4 is 11.9 Å². The Morgan fingerprint density at radius 1 is 1.25 bits per heavy atom. The predicted octanol–water partition coefficient (Wildman–Crippen LogP) is 1.92. The minimum Gasteiger partial charge on any atom is -0.497 e. The number of ether oxygens (including phenoxy) is 2. The smallest absolute Gasteiger partial charge is 0.313 e. The van der Waals surface area contributed by atoms with Crippen molar-refractivity contribution in [2.24, 2.45) is 5.41 Å². The number of amides is 1. The summed E-state index contributed by atoms with van der Waals surface area (Å²) in [6.07, 6.45) is 0.403. The molecule has 6 nitrogen and oxygen atoms in total. The van der Waals surface area contributed by atoms with Gasteiger partial charge in [-0.2, -0.15) is 0 Å². The van der Waals surface area contributed by atoms with Gasteiger partial charge in [0, 0.05) is 20.2 Å². The van der Waals surface area contributed by atoms with E-state index in [9.17, 15) is 14.7 Å². The summed E-state index contributed by atoms with van der Waals surface area (Å²) in [6, 6.07) is 7.38. The summed E-state index contributed by atoms with van der Waals surface area (Å²) in [5.41, 5.74) is -0.887. The van der Waals surface area contributed by atoms with Crippen LogP contribution in [0.25, 0.3) is 0 Å². The number of rotatable bonds is 6. The molecule has 1 unspecified atom stereocenters. The fourth-order valence-corrected chi connectivity index (χ4v) is 3.20. The first-order chi connectivity index (χ1) is 11.3. The number of nitrogens with zero attached hydrogens (tertiary/aromatic N) is 1. The summed E-state index contributed by atoms with van der Waals surface area (Å²) in [5.74, 6) is -0.262. The fourth-order valence-electron chi connectivity index (χ4n) is 3.20. The molecule has 1 amide bonds. The third-order valence-corrected chi connectivity index (χ3v) is 4.86. The van der Waals surface area contributed by atoms with Gasteiger partial charge in [0.15, 0.2) is 0 Å². The minimum absolute atomic E-state index is 0.0769. The first-order valence-electron chi connectivity index (χ1n) is 7.93. The van der Waals surface area contributed by atoms with Crippen molar-refractivity contribution < 1.29 is 24.2 Å². The van der Waals surface area contributed by atoms with Gasteiger partial charge >= 0.3 is 5.97 Å². The molecule has 1 atom stereocenters. The molecule has 1 aromatic carbocycles. The van der Waals surface area contributed by atoms with Crippen molar-refractivity contribution in [2.45, 2.75) is 25.7 Å². The van der Waals surface area contributed by atoms with E-state index in [0.29, 0.717) is 13.0 Å². The van der Waals surface area contributed by atoms with Crippen LogP contribution in [0.3, 0.4) is 0 Å². The lowest BCUT2D eigenvalue weighted by atomic mass is 9.83. The molecule has 1 fully saturated rings. The zero-order valence-electron chi connectivity index (χ0n) is 14.7. The van der Waals surface area contributed by atoms with Gasteiger partial charge in [-0.1, -0.05) is 12.1 Å². The molecule has 0 radical (unpaired) electrons. The summed E-state index contributed by atoms with van der Waals surface area (Å²) >= 11 is 0. The van der Waals surface area contributed by atoms with Crippen molar-refractivity contribution in [1.82, 2.24) is 4.90 Å². The molecule has 1 aliphatic rings. The van der Waals surface area contributed by atoms with Crippen molar-refractivity contribution in [3.8, 4) is 5.75 Å². The van der Waals surface area contributed by atoms with Gasteiger partial charge in [0.1, 0.15) is 11.2 Å². The average Bonchev–Trinajstić information content (AvgIpc) is 3.00. The molecule has 6 heteroatoms. The van der Waals surface area contributed by atoms with E-state index in [1.54, 1.807) is 12.0 Å². The second kappa shape index (κ2) is 6.81. The molecule has 1 aromatic rings. The molecule has 0 spiro atoms. The van der Waals surface area contributed by atoms with Gasteiger partial charge in [0.25, 0.3) is 0 Å². The van der Waals surface area contributed by atoms with E-state index in [1.165, 1.54) is 7.11 Å². The SMILES string of the molecule is COCC1(C(=O)O)CCN(C(=O)C(C)(C)c2ccc(OC)cc2)C1. The van der Waals surface area contributed by atoms with E-state index < -0.39 is 16.8 Å². The Morgan fingerprint density at radius 2 is 1.88 bits per heavy atom. The molecule has 132 valence electrons. The first-order valence-corrected chi connectivity index (χ1v) is 7.93. The average molecular weight is 335 g/mol. The highest BCUT2D eigenvalue weighted by Crippen LogP contribution is 2.35. The molecule has 0 bridgehead atoms. The van der Waals surface area contributed by atoms with Gasteiger partial charge in [-0.25, -0.2) is 0 Å². The van der Waals surface area contributed by atoms with Crippen molar-refractivity contribution in [3.63, 3.8) is 0 Å². The number of likely N-dealkylation sites (tertiary alicyclic amines) is 1. The van der Waals surface area contributed by atoms with Crippen LogP contribution in [-0.2, 0) is 19.7 Å². The molecular weight excluding hydrogens is 310 g/mol. The van der Waals surface area contributed by atoms with Crippen LogP contribution >= 0.6 is 0 Å². The highest BCUT2D eigenvalue weighted by atomic mass is 16.5. The van der Waals surface area contributed by atoms with Gasteiger partial charge < -0.3 is 19.5 Å². The summed E-state index contributed by atoms with van der Waals surface area (Å²) in [4.78, 5) is 26.3. The lowest BCUT2D eigenvalue weighted by molar-refractivity contribution is -0.152. The maximum absolute atomic E-state index is 13.0. The zero-order valence-corrected chi connectivity index (χ0v) is 14.7. The van der Waals surface area contributed by atoms with Gasteiger partial charge in [-0.3, -0.25) is 9.59 Å². The van der Waals surface area contributed by atoms with Crippen LogP contribution in [-0.4, -0.2) is 55.8 Å². The third-order valence-electron chi connectivity index (χ3n) is 4.86. The van der Waals surface area contributed by atoms with E-state index >= 15 is 0 Å². The van der Waals surface area contributed by atoms with Crippen molar-refractivity contribution in [2.75, 3.05) is 33.9 Å². The Balaban J connectivity index is 2.19. The standard InChI is InChI=1S/C18H25NO5/c1-17(2,13-5-7-14(24-4)8-6-13)15(20)19-10-9-18(11-19,12-23-3)16(21)22/h5-8H,9-12H2,1-4H3,(H,21,22). The molecule has 2 rings (SSSR count). The fraction of sp³-hybridized carbons (Fsp3) is 0.556. The minimum atomic E-state index is -1.01. The first kappa shape index (κ1) is 18.3. The van der Waals surface area contributed by atoms with Crippen LogP contribution in [0.4, 0.5) is 0 Å². The molecule has 1 heterocycles. The number of methoxy groups -OCH3 is 2. The number of carbonyl (C=O) groups is 2. The van der Waals surface area contributed by atoms with Gasteiger partial charge in [0.2, 0.25) is 5.91 Å². The van der Waals surface area contributed by atoms with E-state index in [2.05, 4.69) is 0 Å². The lowest BCUT2D eigenvalue weighted by Gasteiger charge is -2.31. The Kier molecular flexibility index (Phi) is 5.18. The highest BCUT2D eigenvalue weighted by molar-refractivity contribution is 5.89. The summed E-state index contributed by atoms with van der Waals surface area (Å²) in [5, 5.41) is 9.54. The van der Waals surface area contributed by atoms with Gasteiger partial charge in [-0.05, 0) is 38.0 Å². The molecule has 1 aliphatic heterocycles. The summed E-state index contributed by atoms with van der Waals surface area (Å²) in [6.45, 7) is 4.42. The number of carboxylic acid groups (broad SMARTS) is 1. The van der Waals surface area contributed by atoms with Crippen LogP contribution in [0, 0.1) is 5.41 Å². The van der Waals surface area contributed by atoms with Crippen LogP contribution < -0.4 is 4.74 Å². The highest BCUT2D eigenvalue weighted by Gasteiger charge is 2.48. The molecule has 1 N–H and O–H groups in total. The molecule has 0 aromatic heterocycles. The number of carbonyl (C=O) groups excluding carboxylic acids is 1. The van der Waals surface area contributed by atoms with Gasteiger partial charge in [-0.15, -0.1) is 0 Å². The number of benzene rings is 1. The second-order valence-corrected chi connectivity index (χ2v) is 6.85. The quantitative estimate of drug-likeness (QED) is 0.859. The van der Waals surface area contributed by atoms with Crippen LogP contribution in [0.2, 0.25) is 0 Å². The van der Waals surface area contributed by atoms with E-state index in [-0.39, 0.29) is 19.1 Å². The Hall–Kier alpha value is -2.08. The lowest BCUT2D eigenvalue weighted by Crippen LogP contribution is -2.45. The van der Waals surface area contributed by atoms with E-state index in [4.69, 9.17) is 9.47 Å². The van der Waals surface area contributed by atoms with Crippen LogP contribution in [0.15, 0.2) is 24.3 Å². The molecule has 24 heavy (non-hydrogen) atoms. The Labute approximate surface area is 142 Å². The maximum atomic E-state index is 13.0. The van der Waals surface area contributed by atoms with Crippen LogP contribution in [0.5, 0.6) is 5.75 Å². The zero-order chi connectivity index (χ0) is 18.0. The number of aliphatic carboxylic acids is 1. The second-order valence-electron chi connectivity index (χ2n) is 6.85. The normalized spacial score (nSPS) is 20.9. The molecule has 1 saturated heterocycles. The number of hydrogen-bond donors (Lipinski definition) is 1. The van der Waals surface area contributed by atoms with Crippen molar-refractivity contribution in [1.29, 1.82) is 0 Å². The van der Waals surface area contributed by atoms with Gasteiger partial charge in [0.05, 0.1) is 19.1 Å². The largest absolute Gasteiger partial charge is 0.497 e. The monoisotopic (exact) mass is 335 g/mol. The number of hydrogen-bond acceptors (Lipinski definition) is 4. The third kappa shape index (κ3) is 3.24.